The largest absolute Gasteiger partial charge is 3.00 e. The number of rotatable bonds is 0. The van der Waals surface area contributed by atoms with Gasteiger partial charge in [0.15, 0.2) is 0 Å². The van der Waals surface area contributed by atoms with Crippen molar-refractivity contribution in [1.82, 2.24) is 0 Å². The Morgan fingerprint density at radius 1 is 1.00 bits per heavy atom. The molecule has 0 rings (SSSR count). The predicted octanol–water partition coefficient (Wildman–Crippen LogP) is -5.16. The molecule has 0 atom stereocenters. The summed E-state index contributed by atoms with van der Waals surface area (Å²) in [4.78, 5) is 0. The van der Waals surface area contributed by atoms with Crippen LogP contribution in [0.4, 0.5) is 0 Å². The molecule has 0 bridgehead atoms. The predicted molar refractivity (Wildman–Crippen MR) is 15.1 cm³/mol. The van der Waals surface area contributed by atoms with Crippen LogP contribution in [0.2, 0.25) is 0 Å². The van der Waals surface area contributed by atoms with Crippen LogP contribution in [0.25, 0.3) is 0 Å². The quantitative estimate of drug-likeness (QED) is 0.403. The van der Waals surface area contributed by atoms with E-state index in [-0.39, 0.29) is 116 Å². The van der Waals surface area contributed by atoms with Gasteiger partial charge in [0.1, 0.15) is 0 Å². The third kappa shape index (κ3) is 54.9. The Kier molecular flexibility index (Phi) is 83.9. The molecule has 37 valence electrons. The van der Waals surface area contributed by atoms with Crippen LogP contribution in [0.1, 0.15) is 0 Å². The first-order valence-corrected chi connectivity index (χ1v) is 0.707. The monoisotopic (exact) mass is 364 g/mol. The molecule has 0 unspecified atom stereocenters. The molecule has 0 aromatic rings. The second-order valence-electron chi connectivity index (χ2n) is 0.289. The van der Waals surface area contributed by atoms with Crippen molar-refractivity contribution in [2.75, 3.05) is 0 Å². The molecule has 0 saturated carbocycles. The van der Waals surface area contributed by atoms with Gasteiger partial charge < -0.3 is 20.5 Å². The first-order valence-electron chi connectivity index (χ1n) is 0.707. The first kappa shape index (κ1) is 29.9. The van der Waals surface area contributed by atoms with Gasteiger partial charge in [0.25, 0.3) is 0 Å². The first-order chi connectivity index (χ1) is 1.73. The van der Waals surface area contributed by atoms with Gasteiger partial charge in [0, 0.05) is 0 Å². The Balaban J connectivity index is -0.00000000750. The van der Waals surface area contributed by atoms with Crippen LogP contribution in [0.5, 0.6) is 0 Å². The van der Waals surface area contributed by atoms with E-state index in [1.54, 1.807) is 0 Å². The molecular formula is H2BCaGdO4Y+5. The Labute approximate surface area is 135 Å². The van der Waals surface area contributed by atoms with E-state index in [0.29, 0.717) is 0 Å². The normalized spacial score (nSPS) is 3.38. The van der Waals surface area contributed by atoms with Crippen molar-refractivity contribution in [3.63, 3.8) is 0 Å². The summed E-state index contributed by atoms with van der Waals surface area (Å²) in [6.07, 6.45) is 0. The van der Waals surface area contributed by atoms with E-state index < -0.39 is 7.32 Å². The van der Waals surface area contributed by atoms with E-state index in [4.69, 9.17) is 15.1 Å². The third-order valence-electron chi connectivity index (χ3n) is 0. The number of hydrogen-bond donors (Lipinski definition) is 0. The fourth-order valence-electron chi connectivity index (χ4n) is 0. The maximum absolute atomic E-state index is 8.42. The van der Waals surface area contributed by atoms with Crippen molar-refractivity contribution >= 4 is 45.1 Å². The van der Waals surface area contributed by atoms with Crippen LogP contribution in [-0.4, -0.2) is 50.5 Å². The van der Waals surface area contributed by atoms with Gasteiger partial charge in [-0.1, -0.05) is 0 Å². The van der Waals surface area contributed by atoms with Crippen LogP contribution in [0.3, 0.4) is 0 Å². The van der Waals surface area contributed by atoms with Crippen molar-refractivity contribution in [3.8, 4) is 0 Å². The van der Waals surface area contributed by atoms with Crippen LogP contribution < -0.4 is 15.1 Å². The fraction of sp³-hybridized carbons (Fsp3) is 0. The summed E-state index contributed by atoms with van der Waals surface area (Å²) in [5, 5.41) is 25.2. The Morgan fingerprint density at radius 3 is 1.00 bits per heavy atom. The summed E-state index contributed by atoms with van der Waals surface area (Å²) in [5.74, 6) is 0. The second-order valence-corrected chi connectivity index (χ2v) is 0.289. The Bertz CT molecular complexity index is 20.8. The molecule has 0 amide bonds. The molecule has 0 heterocycles. The molecule has 2 N–H and O–H groups in total. The molecule has 0 aromatic heterocycles. The molecule has 4 nitrogen and oxygen atoms in total. The minimum absolute atomic E-state index is 0. The van der Waals surface area contributed by atoms with Gasteiger partial charge >= 0.3 is 110 Å². The van der Waals surface area contributed by atoms with Gasteiger partial charge in [-0.25, -0.2) is 0 Å². The molecular weight excluding hydrogens is 361 g/mol. The van der Waals surface area contributed by atoms with Crippen molar-refractivity contribution in [1.29, 1.82) is 0 Å². The average Bonchev–Trinajstić information content (AvgIpc) is 0.811. The van der Waals surface area contributed by atoms with Gasteiger partial charge in [-0.15, -0.1) is 0 Å². The summed E-state index contributed by atoms with van der Waals surface area (Å²) >= 11 is 0. The molecule has 0 aliphatic heterocycles. The fourth-order valence-corrected chi connectivity index (χ4v) is 0. The molecule has 0 saturated heterocycles. The summed E-state index contributed by atoms with van der Waals surface area (Å²) < 4.78 is 0. The van der Waals surface area contributed by atoms with Gasteiger partial charge in [-0.05, 0) is 0 Å². The van der Waals surface area contributed by atoms with E-state index >= 15 is 0 Å². The third-order valence-corrected chi connectivity index (χ3v) is 0. The van der Waals surface area contributed by atoms with Gasteiger partial charge in [-0.3, -0.25) is 7.32 Å². The number of hydrogen-bond acceptors (Lipinski definition) is 3. The van der Waals surface area contributed by atoms with Crippen molar-refractivity contribution in [2.24, 2.45) is 0 Å². The zero-order valence-corrected chi connectivity index (χ0v) is 11.3. The molecule has 0 aromatic carbocycles. The van der Waals surface area contributed by atoms with Crippen LogP contribution in [0.15, 0.2) is 0 Å². The van der Waals surface area contributed by atoms with Crippen LogP contribution in [-0.2, 0) is 32.7 Å². The van der Waals surface area contributed by atoms with Crippen LogP contribution in [0, 0.1) is 39.9 Å². The maximum atomic E-state index is 8.42. The molecule has 0 spiro atoms. The maximum Gasteiger partial charge on any atom is 3.00 e. The smallest absolute Gasteiger partial charge is 0.907 e. The van der Waals surface area contributed by atoms with E-state index in [1.807, 2.05) is 0 Å². The average molecular weight is 363 g/mol. The molecule has 0 aliphatic carbocycles. The van der Waals surface area contributed by atoms with Crippen molar-refractivity contribution < 1.29 is 93.2 Å². The van der Waals surface area contributed by atoms with Gasteiger partial charge in [-0.2, -0.15) is 0 Å². The summed E-state index contributed by atoms with van der Waals surface area (Å²) in [5.41, 5.74) is 0. The molecule has 0 aliphatic rings. The van der Waals surface area contributed by atoms with Crippen molar-refractivity contribution in [2.45, 2.75) is 0 Å². The SMILES string of the molecule is O.[Ca+2].[Gd+3].[O-]B([O-])[O-].[Y+3]. The van der Waals surface area contributed by atoms with E-state index in [1.165, 1.54) is 0 Å². The van der Waals surface area contributed by atoms with Gasteiger partial charge in [0.2, 0.25) is 0 Å². The van der Waals surface area contributed by atoms with Gasteiger partial charge in [0.05, 0.1) is 0 Å². The van der Waals surface area contributed by atoms with E-state index in [2.05, 4.69) is 0 Å². The molecule has 0 fully saturated rings. The van der Waals surface area contributed by atoms with E-state index in [9.17, 15) is 0 Å². The standard InChI is InChI=1S/BO3.Ca.Gd.H2O.Y/c2-1(3)4;;;;/h;;;1H2;/q-3;+2;+3;;+3. The Hall–Kier alpha value is 3.59. The van der Waals surface area contributed by atoms with Crippen molar-refractivity contribution in [3.05, 3.63) is 0 Å². The summed E-state index contributed by atoms with van der Waals surface area (Å²) in [6, 6.07) is 0. The molecule has 8 heavy (non-hydrogen) atoms. The topological polar surface area (TPSA) is 101 Å². The molecule has 1 radical (unpaired) electrons. The zero-order chi connectivity index (χ0) is 3.58. The second kappa shape index (κ2) is 22.4. The zero-order valence-electron chi connectivity index (χ0n) is 3.94. The Morgan fingerprint density at radius 2 is 1.00 bits per heavy atom. The minimum atomic E-state index is -2.92. The minimum Gasteiger partial charge on any atom is -0.907 e. The molecule has 8 heteroatoms. The summed E-state index contributed by atoms with van der Waals surface area (Å²) in [6.45, 7) is 0. The van der Waals surface area contributed by atoms with E-state index in [0.717, 1.165) is 0 Å². The van der Waals surface area contributed by atoms with Crippen LogP contribution >= 0.6 is 0 Å². The summed E-state index contributed by atoms with van der Waals surface area (Å²) in [7, 11) is -2.92.